The molecule has 2 aromatic rings. The van der Waals surface area contributed by atoms with Crippen molar-refractivity contribution in [1.82, 2.24) is 5.32 Å². The van der Waals surface area contributed by atoms with Crippen LogP contribution < -0.4 is 10.1 Å². The average molecular weight is 355 g/mol. The minimum atomic E-state index is 0.515. The Morgan fingerprint density at radius 2 is 1.95 bits per heavy atom. The third-order valence-electron chi connectivity index (χ3n) is 2.97. The Labute approximate surface area is 133 Å². The van der Waals surface area contributed by atoms with Gasteiger partial charge in [-0.1, -0.05) is 58.7 Å². The van der Waals surface area contributed by atoms with Gasteiger partial charge in [-0.2, -0.15) is 0 Å². The summed E-state index contributed by atoms with van der Waals surface area (Å²) in [5.74, 6) is 0.828. The Balaban J connectivity index is 2.13. The zero-order valence-corrected chi connectivity index (χ0v) is 13.7. The molecule has 106 valence electrons. The van der Waals surface area contributed by atoms with Gasteiger partial charge in [0.25, 0.3) is 0 Å². The molecule has 0 atom stereocenters. The fourth-order valence-corrected chi connectivity index (χ4v) is 2.50. The summed E-state index contributed by atoms with van der Waals surface area (Å²) in [5.41, 5.74) is 2.12. The van der Waals surface area contributed by atoms with E-state index in [4.69, 9.17) is 16.3 Å². The number of rotatable bonds is 6. The molecule has 0 aliphatic rings. The Morgan fingerprint density at radius 3 is 2.70 bits per heavy atom. The van der Waals surface area contributed by atoms with E-state index in [2.05, 4.69) is 28.2 Å². The minimum absolute atomic E-state index is 0.515. The van der Waals surface area contributed by atoms with E-state index in [0.717, 1.165) is 32.9 Å². The lowest BCUT2D eigenvalue weighted by molar-refractivity contribution is 0.301. The lowest BCUT2D eigenvalue weighted by Gasteiger charge is -2.14. The lowest BCUT2D eigenvalue weighted by atomic mass is 10.2. The number of halogens is 2. The molecule has 0 aliphatic carbocycles. The highest BCUT2D eigenvalue weighted by Gasteiger charge is 2.08. The Morgan fingerprint density at radius 1 is 1.15 bits per heavy atom. The van der Waals surface area contributed by atoms with Gasteiger partial charge in [-0.15, -0.1) is 0 Å². The van der Waals surface area contributed by atoms with Gasteiger partial charge >= 0.3 is 0 Å². The first kappa shape index (κ1) is 15.4. The fraction of sp³-hybridized carbons (Fsp3) is 0.250. The lowest BCUT2D eigenvalue weighted by Crippen LogP contribution is -2.13. The molecule has 0 aliphatic heterocycles. The van der Waals surface area contributed by atoms with Crippen molar-refractivity contribution in [2.45, 2.75) is 20.1 Å². The van der Waals surface area contributed by atoms with Crippen LogP contribution in [0.15, 0.2) is 46.9 Å². The van der Waals surface area contributed by atoms with Crippen molar-refractivity contribution in [3.05, 3.63) is 63.1 Å². The molecule has 0 bridgehead atoms. The highest BCUT2D eigenvalue weighted by Crippen LogP contribution is 2.27. The molecule has 0 radical (unpaired) electrons. The molecule has 20 heavy (non-hydrogen) atoms. The van der Waals surface area contributed by atoms with Crippen molar-refractivity contribution in [2.75, 3.05) is 6.54 Å². The highest BCUT2D eigenvalue weighted by atomic mass is 79.9. The summed E-state index contributed by atoms with van der Waals surface area (Å²) in [4.78, 5) is 0. The first-order chi connectivity index (χ1) is 9.72. The number of hydrogen-bond donors (Lipinski definition) is 1. The maximum absolute atomic E-state index is 6.25. The highest BCUT2D eigenvalue weighted by molar-refractivity contribution is 9.10. The smallest absolute Gasteiger partial charge is 0.125 e. The zero-order chi connectivity index (χ0) is 14.4. The summed E-state index contributed by atoms with van der Waals surface area (Å²) >= 11 is 9.78. The van der Waals surface area contributed by atoms with E-state index >= 15 is 0 Å². The van der Waals surface area contributed by atoms with E-state index < -0.39 is 0 Å². The monoisotopic (exact) mass is 353 g/mol. The van der Waals surface area contributed by atoms with E-state index in [1.807, 2.05) is 42.5 Å². The quantitative estimate of drug-likeness (QED) is 0.805. The van der Waals surface area contributed by atoms with Gasteiger partial charge in [0, 0.05) is 27.2 Å². The van der Waals surface area contributed by atoms with E-state index in [1.54, 1.807) is 0 Å². The van der Waals surface area contributed by atoms with E-state index in [1.165, 1.54) is 0 Å². The second-order valence-electron chi connectivity index (χ2n) is 4.38. The molecule has 2 nitrogen and oxygen atoms in total. The molecule has 2 rings (SSSR count). The van der Waals surface area contributed by atoms with Crippen LogP contribution in [0, 0.1) is 0 Å². The number of nitrogens with one attached hydrogen (secondary N) is 1. The van der Waals surface area contributed by atoms with Gasteiger partial charge in [0.05, 0.1) is 0 Å². The summed E-state index contributed by atoms with van der Waals surface area (Å²) in [7, 11) is 0. The molecular formula is C16H17BrClNO. The van der Waals surface area contributed by atoms with Crippen LogP contribution in [0.2, 0.25) is 5.02 Å². The molecule has 0 saturated heterocycles. The maximum atomic E-state index is 6.25. The molecule has 0 spiro atoms. The normalized spacial score (nSPS) is 10.6. The second-order valence-corrected chi connectivity index (χ2v) is 5.64. The van der Waals surface area contributed by atoms with Crippen LogP contribution in [0.1, 0.15) is 18.1 Å². The third-order valence-corrected chi connectivity index (χ3v) is 4.10. The topological polar surface area (TPSA) is 21.3 Å². The summed E-state index contributed by atoms with van der Waals surface area (Å²) in [5, 5.41) is 4.01. The van der Waals surface area contributed by atoms with Crippen molar-refractivity contribution in [3.63, 3.8) is 0 Å². The first-order valence-corrected chi connectivity index (χ1v) is 7.73. The van der Waals surface area contributed by atoms with Crippen molar-refractivity contribution in [1.29, 1.82) is 0 Å². The Bertz CT molecular complexity index is 574. The van der Waals surface area contributed by atoms with Crippen LogP contribution in [0.5, 0.6) is 5.75 Å². The van der Waals surface area contributed by atoms with Crippen LogP contribution in [0.4, 0.5) is 0 Å². The van der Waals surface area contributed by atoms with Gasteiger partial charge < -0.3 is 10.1 Å². The van der Waals surface area contributed by atoms with Crippen LogP contribution in [-0.2, 0) is 13.2 Å². The minimum Gasteiger partial charge on any atom is -0.488 e. The SMILES string of the molecule is CCNCc1c(Cl)cccc1OCc1ccccc1Br. The van der Waals surface area contributed by atoms with E-state index in [0.29, 0.717) is 13.2 Å². The number of benzene rings is 2. The molecular weight excluding hydrogens is 338 g/mol. The Hall–Kier alpha value is -1.03. The van der Waals surface area contributed by atoms with Crippen molar-refractivity contribution in [3.8, 4) is 5.75 Å². The fourth-order valence-electron chi connectivity index (χ4n) is 1.87. The molecule has 0 aromatic heterocycles. The van der Waals surface area contributed by atoms with Gasteiger partial charge in [-0.05, 0) is 24.7 Å². The van der Waals surface area contributed by atoms with Crippen LogP contribution >= 0.6 is 27.5 Å². The van der Waals surface area contributed by atoms with E-state index in [9.17, 15) is 0 Å². The molecule has 2 aromatic carbocycles. The molecule has 0 unspecified atom stereocenters. The van der Waals surface area contributed by atoms with Gasteiger partial charge in [0.2, 0.25) is 0 Å². The standard InChI is InChI=1S/C16H17BrClNO/c1-2-19-10-13-15(18)8-5-9-16(13)20-11-12-6-3-4-7-14(12)17/h3-9,19H,2,10-11H2,1H3. The summed E-state index contributed by atoms with van der Waals surface area (Å²) in [6, 6.07) is 13.8. The van der Waals surface area contributed by atoms with Crippen molar-refractivity contribution >= 4 is 27.5 Å². The van der Waals surface area contributed by atoms with Gasteiger partial charge in [-0.3, -0.25) is 0 Å². The predicted molar refractivity (Wildman–Crippen MR) is 87.3 cm³/mol. The predicted octanol–water partition coefficient (Wildman–Crippen LogP) is 4.79. The van der Waals surface area contributed by atoms with Crippen LogP contribution in [0.25, 0.3) is 0 Å². The second kappa shape index (κ2) is 7.67. The molecule has 4 heteroatoms. The Kier molecular flexibility index (Phi) is 5.89. The molecule has 0 saturated carbocycles. The number of ether oxygens (including phenoxy) is 1. The van der Waals surface area contributed by atoms with Crippen LogP contribution in [0.3, 0.4) is 0 Å². The maximum Gasteiger partial charge on any atom is 0.125 e. The summed E-state index contributed by atoms with van der Waals surface area (Å²) in [6.07, 6.45) is 0. The van der Waals surface area contributed by atoms with Gasteiger partial charge in [0.15, 0.2) is 0 Å². The molecule has 0 amide bonds. The summed E-state index contributed by atoms with van der Waals surface area (Å²) in [6.45, 7) is 4.19. The third kappa shape index (κ3) is 3.98. The van der Waals surface area contributed by atoms with Crippen molar-refractivity contribution < 1.29 is 4.74 Å². The van der Waals surface area contributed by atoms with Crippen molar-refractivity contribution in [2.24, 2.45) is 0 Å². The molecule has 0 heterocycles. The van der Waals surface area contributed by atoms with E-state index in [-0.39, 0.29) is 0 Å². The summed E-state index contributed by atoms with van der Waals surface area (Å²) < 4.78 is 6.98. The average Bonchev–Trinajstić information content (AvgIpc) is 2.45. The molecule has 0 fully saturated rings. The zero-order valence-electron chi connectivity index (χ0n) is 11.3. The first-order valence-electron chi connectivity index (χ1n) is 6.56. The number of hydrogen-bond acceptors (Lipinski definition) is 2. The molecule has 1 N–H and O–H groups in total. The van der Waals surface area contributed by atoms with Gasteiger partial charge in [0.1, 0.15) is 12.4 Å². The van der Waals surface area contributed by atoms with Gasteiger partial charge in [-0.25, -0.2) is 0 Å². The largest absolute Gasteiger partial charge is 0.488 e. The van der Waals surface area contributed by atoms with Crippen LogP contribution in [-0.4, -0.2) is 6.54 Å².